The highest BCUT2D eigenvalue weighted by molar-refractivity contribution is 9.10. The average Bonchev–Trinajstić information content (AvgIpc) is 3.39. The Morgan fingerprint density at radius 1 is 1.00 bits per heavy atom. The van der Waals surface area contributed by atoms with Gasteiger partial charge in [0.15, 0.2) is 11.5 Å². The smallest absolute Gasteiger partial charge is 0.231 e. The number of fused-ring (bicyclic) bond motifs is 1. The van der Waals surface area contributed by atoms with Crippen LogP contribution in [0.3, 0.4) is 0 Å². The molecule has 0 spiro atoms. The Labute approximate surface area is 171 Å². The molecule has 2 aromatic rings. The molecule has 0 aromatic heterocycles. The first kappa shape index (κ1) is 18.7. The van der Waals surface area contributed by atoms with E-state index in [1.54, 1.807) is 21.3 Å². The maximum absolute atomic E-state index is 5.70. The Bertz CT molecular complexity index is 912. The van der Waals surface area contributed by atoms with Crippen LogP contribution in [-0.2, 0) is 11.3 Å². The number of ether oxygens (including phenoxy) is 5. The van der Waals surface area contributed by atoms with Crippen LogP contribution in [0.15, 0.2) is 33.9 Å². The standard InChI is InChI=1S/C20H20BrNO6/c1-23-12-6-4-11(5-7-12)15-9-13(28-22-15)8-14-16(21)18(25-3)20-19(17(14)24-2)26-10-27-20/h4-7,13H,8-10H2,1-3H3/t13-/m0/s1. The number of rotatable bonds is 6. The molecule has 0 amide bonds. The highest BCUT2D eigenvalue weighted by Gasteiger charge is 2.33. The molecule has 0 fully saturated rings. The van der Waals surface area contributed by atoms with E-state index in [0.717, 1.165) is 27.1 Å². The van der Waals surface area contributed by atoms with Gasteiger partial charge >= 0.3 is 0 Å². The second-order valence-electron chi connectivity index (χ2n) is 6.33. The molecule has 4 rings (SSSR count). The van der Waals surface area contributed by atoms with Crippen molar-refractivity contribution in [1.82, 2.24) is 0 Å². The summed E-state index contributed by atoms with van der Waals surface area (Å²) in [6, 6.07) is 7.77. The van der Waals surface area contributed by atoms with Crippen LogP contribution >= 0.6 is 15.9 Å². The van der Waals surface area contributed by atoms with Crippen LogP contribution in [0, 0.1) is 0 Å². The lowest BCUT2D eigenvalue weighted by atomic mass is 9.99. The second kappa shape index (κ2) is 7.79. The van der Waals surface area contributed by atoms with E-state index in [1.165, 1.54) is 0 Å². The Morgan fingerprint density at radius 2 is 1.68 bits per heavy atom. The fourth-order valence-electron chi connectivity index (χ4n) is 3.39. The van der Waals surface area contributed by atoms with Gasteiger partial charge in [-0.25, -0.2) is 0 Å². The van der Waals surface area contributed by atoms with Gasteiger partial charge in [0.2, 0.25) is 18.3 Å². The highest BCUT2D eigenvalue weighted by Crippen LogP contribution is 2.54. The summed E-state index contributed by atoms with van der Waals surface area (Å²) in [5, 5.41) is 4.27. The van der Waals surface area contributed by atoms with E-state index in [1.807, 2.05) is 24.3 Å². The van der Waals surface area contributed by atoms with Gasteiger partial charge in [0.25, 0.3) is 0 Å². The van der Waals surface area contributed by atoms with E-state index in [9.17, 15) is 0 Å². The van der Waals surface area contributed by atoms with Crippen molar-refractivity contribution in [3.63, 3.8) is 0 Å². The number of hydrogen-bond acceptors (Lipinski definition) is 7. The zero-order valence-electron chi connectivity index (χ0n) is 15.8. The summed E-state index contributed by atoms with van der Waals surface area (Å²) in [6.07, 6.45) is 1.12. The van der Waals surface area contributed by atoms with Crippen molar-refractivity contribution in [2.24, 2.45) is 5.16 Å². The number of hydrogen-bond donors (Lipinski definition) is 0. The van der Waals surface area contributed by atoms with Crippen molar-refractivity contribution in [3.8, 4) is 28.7 Å². The maximum Gasteiger partial charge on any atom is 0.231 e. The molecule has 2 aliphatic heterocycles. The van der Waals surface area contributed by atoms with Gasteiger partial charge in [0.1, 0.15) is 11.9 Å². The summed E-state index contributed by atoms with van der Waals surface area (Å²) < 4.78 is 28.2. The molecule has 2 aliphatic rings. The van der Waals surface area contributed by atoms with E-state index in [2.05, 4.69) is 21.1 Å². The van der Waals surface area contributed by atoms with Gasteiger partial charge in [-0.1, -0.05) is 5.16 Å². The lowest BCUT2D eigenvalue weighted by Crippen LogP contribution is -2.13. The SMILES string of the molecule is COc1ccc(C2=NO[C@@H](Cc3c(Br)c(OC)c4c(c3OC)OCO4)C2)cc1. The van der Waals surface area contributed by atoms with Gasteiger partial charge in [0.05, 0.1) is 31.5 Å². The van der Waals surface area contributed by atoms with Crippen molar-refractivity contribution in [2.75, 3.05) is 28.1 Å². The van der Waals surface area contributed by atoms with Crippen LogP contribution in [0.2, 0.25) is 0 Å². The molecule has 148 valence electrons. The topological polar surface area (TPSA) is 67.7 Å². The zero-order chi connectivity index (χ0) is 19.7. The molecular weight excluding hydrogens is 430 g/mol. The number of oxime groups is 1. The first-order valence-corrected chi connectivity index (χ1v) is 9.54. The molecule has 0 saturated heterocycles. The summed E-state index contributed by atoms with van der Waals surface area (Å²) >= 11 is 3.62. The van der Waals surface area contributed by atoms with Gasteiger partial charge in [-0.15, -0.1) is 0 Å². The molecule has 0 unspecified atom stereocenters. The Hall–Kier alpha value is -2.61. The van der Waals surface area contributed by atoms with Gasteiger partial charge in [-0.3, -0.25) is 0 Å². The number of methoxy groups -OCH3 is 3. The largest absolute Gasteiger partial charge is 0.497 e. The molecule has 0 bridgehead atoms. The van der Waals surface area contributed by atoms with Crippen LogP contribution < -0.4 is 23.7 Å². The summed E-state index contributed by atoms with van der Waals surface area (Å²) in [5.74, 6) is 3.09. The predicted molar refractivity (Wildman–Crippen MR) is 106 cm³/mol. The van der Waals surface area contributed by atoms with Crippen LogP contribution in [0.25, 0.3) is 0 Å². The molecule has 2 heterocycles. The Morgan fingerprint density at radius 3 is 2.32 bits per heavy atom. The minimum Gasteiger partial charge on any atom is -0.497 e. The van der Waals surface area contributed by atoms with Crippen LogP contribution in [0.1, 0.15) is 17.5 Å². The van der Waals surface area contributed by atoms with E-state index >= 15 is 0 Å². The number of halogens is 1. The minimum atomic E-state index is -0.132. The maximum atomic E-state index is 5.70. The fraction of sp³-hybridized carbons (Fsp3) is 0.350. The molecule has 0 N–H and O–H groups in total. The third-order valence-electron chi connectivity index (χ3n) is 4.76. The molecule has 8 heteroatoms. The molecule has 0 radical (unpaired) electrons. The lowest BCUT2D eigenvalue weighted by molar-refractivity contribution is 0.0852. The summed E-state index contributed by atoms with van der Waals surface area (Å²) in [6.45, 7) is 0.128. The fourth-order valence-corrected chi connectivity index (χ4v) is 4.07. The minimum absolute atomic E-state index is 0.128. The van der Waals surface area contributed by atoms with Crippen molar-refractivity contribution in [1.29, 1.82) is 0 Å². The third-order valence-corrected chi connectivity index (χ3v) is 5.60. The number of benzene rings is 2. The van der Waals surface area contributed by atoms with Gasteiger partial charge in [-0.05, 0) is 45.8 Å². The lowest BCUT2D eigenvalue weighted by Gasteiger charge is -2.18. The molecule has 0 saturated carbocycles. The molecule has 0 aliphatic carbocycles. The molecule has 7 nitrogen and oxygen atoms in total. The average molecular weight is 450 g/mol. The quantitative estimate of drug-likeness (QED) is 0.665. The predicted octanol–water partition coefficient (Wildman–Crippen LogP) is 3.94. The van der Waals surface area contributed by atoms with Crippen molar-refractivity contribution < 1.29 is 28.5 Å². The summed E-state index contributed by atoms with van der Waals surface area (Å²) in [4.78, 5) is 5.70. The van der Waals surface area contributed by atoms with Gasteiger partial charge in [0, 0.05) is 18.4 Å². The van der Waals surface area contributed by atoms with Gasteiger partial charge < -0.3 is 28.5 Å². The molecular formula is C20H20BrNO6. The summed E-state index contributed by atoms with van der Waals surface area (Å²) in [7, 11) is 4.84. The molecule has 1 atom stereocenters. The van der Waals surface area contributed by atoms with E-state index < -0.39 is 0 Å². The van der Waals surface area contributed by atoms with Crippen LogP contribution in [0.5, 0.6) is 28.7 Å². The van der Waals surface area contributed by atoms with Crippen molar-refractivity contribution in [2.45, 2.75) is 18.9 Å². The molecule has 2 aromatic carbocycles. The molecule has 28 heavy (non-hydrogen) atoms. The van der Waals surface area contributed by atoms with E-state index in [4.69, 9.17) is 28.5 Å². The zero-order valence-corrected chi connectivity index (χ0v) is 17.4. The Kier molecular flexibility index (Phi) is 5.21. The number of nitrogens with zero attached hydrogens (tertiary/aromatic N) is 1. The van der Waals surface area contributed by atoms with Crippen LogP contribution in [0.4, 0.5) is 0 Å². The monoisotopic (exact) mass is 449 g/mol. The summed E-state index contributed by atoms with van der Waals surface area (Å²) in [5.41, 5.74) is 2.80. The first-order valence-electron chi connectivity index (χ1n) is 8.75. The van der Waals surface area contributed by atoms with Gasteiger partial charge in [-0.2, -0.15) is 0 Å². The van der Waals surface area contributed by atoms with Crippen molar-refractivity contribution >= 4 is 21.6 Å². The second-order valence-corrected chi connectivity index (χ2v) is 7.12. The van der Waals surface area contributed by atoms with E-state index in [-0.39, 0.29) is 12.9 Å². The third kappa shape index (κ3) is 3.22. The highest BCUT2D eigenvalue weighted by atomic mass is 79.9. The Balaban J connectivity index is 1.57. The van der Waals surface area contributed by atoms with Crippen LogP contribution in [-0.4, -0.2) is 39.9 Å². The van der Waals surface area contributed by atoms with Crippen molar-refractivity contribution in [3.05, 3.63) is 39.9 Å². The van der Waals surface area contributed by atoms with E-state index in [0.29, 0.717) is 35.8 Å². The normalized spacial score (nSPS) is 17.1. The first-order chi connectivity index (χ1) is 13.7.